The first kappa shape index (κ1) is 22.2. The summed E-state index contributed by atoms with van der Waals surface area (Å²) in [5.74, 6) is 1.71. The molecule has 4 aromatic rings. The lowest BCUT2D eigenvalue weighted by Crippen LogP contribution is -2.14. The van der Waals surface area contributed by atoms with Gasteiger partial charge in [-0.1, -0.05) is 65.4 Å². The molecule has 0 aliphatic heterocycles. The van der Waals surface area contributed by atoms with Crippen LogP contribution in [0, 0.1) is 13.8 Å². The quantitative estimate of drug-likeness (QED) is 0.331. The van der Waals surface area contributed by atoms with E-state index in [0.29, 0.717) is 10.9 Å². The Balaban J connectivity index is 1.48. The van der Waals surface area contributed by atoms with Crippen molar-refractivity contribution in [1.82, 2.24) is 14.8 Å². The predicted molar refractivity (Wildman–Crippen MR) is 133 cm³/mol. The zero-order valence-electron chi connectivity index (χ0n) is 18.0. The number of nitrogens with one attached hydrogen (secondary N) is 1. The van der Waals surface area contributed by atoms with Crippen LogP contribution in [0.2, 0.25) is 0 Å². The van der Waals surface area contributed by atoms with Crippen molar-refractivity contribution in [3.63, 3.8) is 0 Å². The van der Waals surface area contributed by atoms with Gasteiger partial charge in [-0.25, -0.2) is 0 Å². The minimum atomic E-state index is -0.0722. The Morgan fingerprint density at radius 2 is 1.50 bits per heavy atom. The van der Waals surface area contributed by atoms with Crippen LogP contribution >= 0.6 is 23.5 Å². The number of aryl methyl sites for hydroxylation is 2. The van der Waals surface area contributed by atoms with Crippen molar-refractivity contribution in [2.24, 2.45) is 0 Å². The highest BCUT2D eigenvalue weighted by molar-refractivity contribution is 7.99. The van der Waals surface area contributed by atoms with Crippen LogP contribution in [0.5, 0.6) is 0 Å². The molecule has 0 radical (unpaired) electrons. The van der Waals surface area contributed by atoms with Crippen LogP contribution in [-0.4, -0.2) is 26.4 Å². The summed E-state index contributed by atoms with van der Waals surface area (Å²) in [4.78, 5) is 13.7. The summed E-state index contributed by atoms with van der Waals surface area (Å²) in [6.07, 6.45) is 0. The smallest absolute Gasteiger partial charge is 0.234 e. The van der Waals surface area contributed by atoms with E-state index < -0.39 is 0 Å². The summed E-state index contributed by atoms with van der Waals surface area (Å²) >= 11 is 3.10. The summed E-state index contributed by atoms with van der Waals surface area (Å²) in [7, 11) is 0. The average Bonchev–Trinajstić information content (AvgIpc) is 3.22. The number of anilines is 1. The third-order valence-electron chi connectivity index (χ3n) is 4.77. The van der Waals surface area contributed by atoms with Gasteiger partial charge in [0.05, 0.1) is 11.5 Å². The standard InChI is InChI=1S/C25H24N4OS2/c1-18-8-12-20(13-9-18)26-24(30)17-32-25-28-27-23(29(25)21-6-4-3-5-7-21)16-31-22-14-10-19(2)11-15-22/h3-15H,16-17H2,1-2H3,(H,26,30). The molecular formula is C25H24N4OS2. The SMILES string of the molecule is Cc1ccc(NC(=O)CSc2nnc(CSc3ccc(C)cc3)n2-c2ccccc2)cc1. The molecular weight excluding hydrogens is 436 g/mol. The molecule has 0 atom stereocenters. The van der Waals surface area contributed by atoms with E-state index in [2.05, 4.69) is 46.7 Å². The second-order valence-electron chi connectivity index (χ2n) is 7.37. The van der Waals surface area contributed by atoms with Gasteiger partial charge in [-0.3, -0.25) is 9.36 Å². The van der Waals surface area contributed by atoms with Crippen molar-refractivity contribution in [3.05, 3.63) is 95.8 Å². The van der Waals surface area contributed by atoms with Crippen molar-refractivity contribution >= 4 is 35.1 Å². The zero-order valence-corrected chi connectivity index (χ0v) is 19.6. The third kappa shape index (κ3) is 5.81. The first-order valence-corrected chi connectivity index (χ1v) is 12.2. The number of amides is 1. The van der Waals surface area contributed by atoms with Crippen molar-refractivity contribution in [1.29, 1.82) is 0 Å². The Morgan fingerprint density at radius 3 is 2.19 bits per heavy atom. The van der Waals surface area contributed by atoms with Gasteiger partial charge >= 0.3 is 0 Å². The Morgan fingerprint density at radius 1 is 0.844 bits per heavy atom. The summed E-state index contributed by atoms with van der Waals surface area (Å²) in [5, 5.41) is 12.5. The van der Waals surface area contributed by atoms with E-state index >= 15 is 0 Å². The second kappa shape index (κ2) is 10.5. The number of para-hydroxylation sites is 1. The number of benzene rings is 3. The molecule has 0 unspecified atom stereocenters. The normalized spacial score (nSPS) is 10.8. The molecule has 1 N–H and O–H groups in total. The van der Waals surface area contributed by atoms with Crippen molar-refractivity contribution in [3.8, 4) is 5.69 Å². The highest BCUT2D eigenvalue weighted by atomic mass is 32.2. The van der Waals surface area contributed by atoms with Gasteiger partial charge in [-0.2, -0.15) is 0 Å². The molecule has 5 nitrogen and oxygen atoms in total. The molecule has 0 fully saturated rings. The Hall–Kier alpha value is -3.03. The van der Waals surface area contributed by atoms with Gasteiger partial charge < -0.3 is 5.32 Å². The molecule has 1 heterocycles. The highest BCUT2D eigenvalue weighted by Crippen LogP contribution is 2.27. The minimum absolute atomic E-state index is 0.0722. The lowest BCUT2D eigenvalue weighted by molar-refractivity contribution is -0.113. The number of carbonyl (C=O) groups excluding carboxylic acids is 1. The number of aromatic nitrogens is 3. The number of hydrogen-bond donors (Lipinski definition) is 1. The molecule has 0 saturated carbocycles. The number of nitrogens with zero attached hydrogens (tertiary/aromatic N) is 3. The predicted octanol–water partition coefficient (Wildman–Crippen LogP) is 5.91. The van der Waals surface area contributed by atoms with Gasteiger partial charge in [0.1, 0.15) is 5.82 Å². The fraction of sp³-hybridized carbons (Fsp3) is 0.160. The van der Waals surface area contributed by atoms with Gasteiger partial charge in [0, 0.05) is 16.3 Å². The fourth-order valence-electron chi connectivity index (χ4n) is 3.07. The van der Waals surface area contributed by atoms with Crippen LogP contribution in [0.3, 0.4) is 0 Å². The van der Waals surface area contributed by atoms with E-state index in [1.165, 1.54) is 22.2 Å². The first-order chi connectivity index (χ1) is 15.6. The summed E-state index contributed by atoms with van der Waals surface area (Å²) in [5.41, 5.74) is 4.17. The van der Waals surface area contributed by atoms with Gasteiger partial charge in [0.25, 0.3) is 0 Å². The monoisotopic (exact) mass is 460 g/mol. The molecule has 0 aliphatic rings. The van der Waals surface area contributed by atoms with E-state index in [-0.39, 0.29) is 11.7 Å². The third-order valence-corrected chi connectivity index (χ3v) is 6.71. The number of rotatable bonds is 8. The van der Waals surface area contributed by atoms with Gasteiger partial charge in [-0.15, -0.1) is 22.0 Å². The molecule has 1 aromatic heterocycles. The zero-order chi connectivity index (χ0) is 22.3. The van der Waals surface area contributed by atoms with Crippen LogP contribution in [0.4, 0.5) is 5.69 Å². The Bertz CT molecular complexity index is 1170. The summed E-state index contributed by atoms with van der Waals surface area (Å²) in [6.45, 7) is 4.10. The van der Waals surface area contributed by atoms with Gasteiger partial charge in [0.2, 0.25) is 5.91 Å². The van der Waals surface area contributed by atoms with E-state index in [4.69, 9.17) is 0 Å². The molecule has 3 aromatic carbocycles. The molecule has 32 heavy (non-hydrogen) atoms. The maximum Gasteiger partial charge on any atom is 0.234 e. The van der Waals surface area contributed by atoms with Crippen molar-refractivity contribution in [2.75, 3.05) is 11.1 Å². The lowest BCUT2D eigenvalue weighted by Gasteiger charge is -2.10. The molecule has 0 bridgehead atoms. The van der Waals surface area contributed by atoms with Crippen LogP contribution in [0.15, 0.2) is 88.9 Å². The molecule has 0 aliphatic carbocycles. The molecule has 7 heteroatoms. The highest BCUT2D eigenvalue weighted by Gasteiger charge is 2.16. The molecule has 0 spiro atoms. The van der Waals surface area contributed by atoms with E-state index in [9.17, 15) is 4.79 Å². The number of hydrogen-bond acceptors (Lipinski definition) is 5. The fourth-order valence-corrected chi connectivity index (χ4v) is 4.65. The van der Waals surface area contributed by atoms with E-state index in [0.717, 1.165) is 22.8 Å². The number of carbonyl (C=O) groups is 1. The van der Waals surface area contributed by atoms with Crippen LogP contribution in [0.25, 0.3) is 5.69 Å². The first-order valence-electron chi connectivity index (χ1n) is 10.3. The maximum absolute atomic E-state index is 12.5. The molecule has 4 rings (SSSR count). The summed E-state index contributed by atoms with van der Waals surface area (Å²) < 4.78 is 2.03. The van der Waals surface area contributed by atoms with E-state index in [1.807, 2.05) is 66.1 Å². The minimum Gasteiger partial charge on any atom is -0.325 e. The van der Waals surface area contributed by atoms with Crippen molar-refractivity contribution in [2.45, 2.75) is 29.7 Å². The molecule has 162 valence electrons. The average molecular weight is 461 g/mol. The van der Waals surface area contributed by atoms with Crippen LogP contribution < -0.4 is 5.32 Å². The Labute approximate surface area is 196 Å². The lowest BCUT2D eigenvalue weighted by atomic mass is 10.2. The molecule has 1 amide bonds. The number of thioether (sulfide) groups is 2. The van der Waals surface area contributed by atoms with Crippen molar-refractivity contribution < 1.29 is 4.79 Å². The van der Waals surface area contributed by atoms with Crippen LogP contribution in [0.1, 0.15) is 17.0 Å². The summed E-state index contributed by atoms with van der Waals surface area (Å²) in [6, 6.07) is 26.2. The second-order valence-corrected chi connectivity index (χ2v) is 9.37. The topological polar surface area (TPSA) is 59.8 Å². The maximum atomic E-state index is 12.5. The van der Waals surface area contributed by atoms with Gasteiger partial charge in [-0.05, 0) is 50.2 Å². The Kier molecular flexibility index (Phi) is 7.29. The van der Waals surface area contributed by atoms with Crippen LogP contribution in [-0.2, 0) is 10.5 Å². The largest absolute Gasteiger partial charge is 0.325 e. The van der Waals surface area contributed by atoms with Gasteiger partial charge in [0.15, 0.2) is 5.16 Å². The molecule has 0 saturated heterocycles. The van der Waals surface area contributed by atoms with E-state index in [1.54, 1.807) is 11.8 Å².